The van der Waals surface area contributed by atoms with Crippen molar-refractivity contribution in [3.05, 3.63) is 71.3 Å². The second kappa shape index (κ2) is 9.29. The Balaban J connectivity index is 1.17. The van der Waals surface area contributed by atoms with Crippen molar-refractivity contribution in [1.29, 1.82) is 0 Å². The van der Waals surface area contributed by atoms with E-state index in [1.807, 2.05) is 12.1 Å². The fourth-order valence-electron chi connectivity index (χ4n) is 5.90. The van der Waals surface area contributed by atoms with Crippen LogP contribution in [0.4, 0.5) is 4.39 Å². The highest BCUT2D eigenvalue weighted by Gasteiger charge is 2.27. The van der Waals surface area contributed by atoms with Crippen LogP contribution < -0.4 is 10.6 Å². The van der Waals surface area contributed by atoms with Gasteiger partial charge in [-0.15, -0.1) is 0 Å². The van der Waals surface area contributed by atoms with Crippen molar-refractivity contribution < 1.29 is 9.71 Å². The molecule has 2 aromatic carbocycles. The molecule has 2 atom stereocenters. The molecule has 4 aromatic rings. The first kappa shape index (κ1) is 22.5. The summed E-state index contributed by atoms with van der Waals surface area (Å²) in [5.74, 6) is 7.83. The van der Waals surface area contributed by atoms with E-state index in [0.717, 1.165) is 60.7 Å². The van der Waals surface area contributed by atoms with Crippen LogP contribution >= 0.6 is 0 Å². The van der Waals surface area contributed by atoms with Crippen LogP contribution in [0.5, 0.6) is 0 Å². The molecule has 7 rings (SSSR count). The molecule has 0 saturated carbocycles. The normalized spacial score (nSPS) is 20.6. The van der Waals surface area contributed by atoms with Gasteiger partial charge in [-0.25, -0.2) is 14.4 Å². The number of aryl methyl sites for hydroxylation is 2. The highest BCUT2D eigenvalue weighted by Crippen LogP contribution is 2.36. The molecule has 3 aliphatic rings. The van der Waals surface area contributed by atoms with E-state index in [1.165, 1.54) is 36.2 Å². The molecule has 2 aromatic heterocycles. The molecule has 37 heavy (non-hydrogen) atoms. The van der Waals surface area contributed by atoms with E-state index in [-0.39, 0.29) is 11.9 Å². The molecule has 1 saturated heterocycles. The second-order valence-electron chi connectivity index (χ2n) is 10.3. The molecular weight excluding hydrogens is 463 g/mol. The predicted molar refractivity (Wildman–Crippen MR) is 141 cm³/mol. The smallest absolute Gasteiger partial charge is 0.165 e. The van der Waals surface area contributed by atoms with Crippen LogP contribution in [-0.4, -0.2) is 33.0 Å². The number of nitrogens with two attached hydrogens (primary N) is 1. The Morgan fingerprint density at radius 1 is 0.973 bits per heavy atom. The summed E-state index contributed by atoms with van der Waals surface area (Å²) in [6.07, 6.45) is 8.04. The number of halogens is 1. The van der Waals surface area contributed by atoms with Gasteiger partial charge in [-0.1, -0.05) is 36.1 Å². The van der Waals surface area contributed by atoms with Crippen LogP contribution in [-0.2, 0) is 12.8 Å². The van der Waals surface area contributed by atoms with Crippen LogP contribution in [0.25, 0.3) is 33.6 Å². The highest BCUT2D eigenvalue weighted by molar-refractivity contribution is 5.75. The largest absolute Gasteiger partial charge is 0.340 e. The Kier molecular flexibility index (Phi) is 5.64. The number of aromatic nitrogens is 4. The summed E-state index contributed by atoms with van der Waals surface area (Å²) in [6, 6.07) is 12.3. The molecule has 0 amide bonds. The minimum atomic E-state index is -0.266. The minimum absolute atomic E-state index is 0.133. The molecule has 0 bridgehead atoms. The van der Waals surface area contributed by atoms with Crippen LogP contribution in [0.1, 0.15) is 60.7 Å². The number of aromatic amines is 2. The third kappa shape index (κ3) is 4.16. The monoisotopic (exact) mass is 493 g/mol. The van der Waals surface area contributed by atoms with Gasteiger partial charge in [0.25, 0.3) is 0 Å². The number of hydrogen-bond donors (Lipinski definition) is 4. The number of H-pyrrole nitrogens is 2. The fraction of sp³-hybridized carbons (Fsp3) is 0.333. The summed E-state index contributed by atoms with van der Waals surface area (Å²) >= 11 is 0. The number of imidazole rings is 2. The predicted octanol–water partition coefficient (Wildman–Crippen LogP) is 4.20. The van der Waals surface area contributed by atoms with Crippen LogP contribution in [0, 0.1) is 17.7 Å². The van der Waals surface area contributed by atoms with Gasteiger partial charge < -0.3 is 15.3 Å². The van der Waals surface area contributed by atoms with Gasteiger partial charge in [0.1, 0.15) is 23.7 Å². The summed E-state index contributed by atoms with van der Waals surface area (Å²) in [6.45, 7) is 2.01. The lowest BCUT2D eigenvalue weighted by Crippen LogP contribution is -2.82. The third-order valence-electron chi connectivity index (χ3n) is 7.86. The molecule has 2 aliphatic heterocycles. The lowest BCUT2D eigenvalue weighted by molar-refractivity contribution is -0.677. The van der Waals surface area contributed by atoms with Gasteiger partial charge >= 0.3 is 0 Å². The van der Waals surface area contributed by atoms with Gasteiger partial charge in [0, 0.05) is 42.6 Å². The molecule has 186 valence electrons. The molecule has 0 spiro atoms. The zero-order valence-electron chi connectivity index (χ0n) is 20.7. The maximum atomic E-state index is 15.3. The number of benzene rings is 2. The van der Waals surface area contributed by atoms with Crippen molar-refractivity contribution in [3.63, 3.8) is 0 Å². The molecular formula is C30H30FN6+. The van der Waals surface area contributed by atoms with Crippen LogP contribution in [0.2, 0.25) is 0 Å². The van der Waals surface area contributed by atoms with E-state index in [1.54, 1.807) is 12.3 Å². The number of nitrogens with zero attached hydrogens (tertiary/aromatic N) is 2. The highest BCUT2D eigenvalue weighted by atomic mass is 19.1. The molecule has 4 heterocycles. The van der Waals surface area contributed by atoms with Crippen molar-refractivity contribution >= 4 is 0 Å². The first-order valence-corrected chi connectivity index (χ1v) is 13.4. The summed E-state index contributed by atoms with van der Waals surface area (Å²) in [7, 11) is 0. The molecule has 6 nitrogen and oxygen atoms in total. The van der Waals surface area contributed by atoms with Crippen molar-refractivity contribution in [2.45, 2.75) is 50.6 Å². The topological polar surface area (TPSA) is 86.0 Å². The van der Waals surface area contributed by atoms with E-state index in [9.17, 15) is 0 Å². The van der Waals surface area contributed by atoms with E-state index in [0.29, 0.717) is 17.3 Å². The Bertz CT molecular complexity index is 1530. The molecule has 0 radical (unpaired) electrons. The Morgan fingerprint density at radius 3 is 2.68 bits per heavy atom. The van der Waals surface area contributed by atoms with Crippen LogP contribution in [0.15, 0.2) is 42.6 Å². The maximum absolute atomic E-state index is 15.3. The first-order chi connectivity index (χ1) is 18.2. The van der Waals surface area contributed by atoms with E-state index in [2.05, 4.69) is 55.6 Å². The number of hydrogen-bond acceptors (Lipinski definition) is 3. The number of rotatable bonds is 4. The lowest BCUT2D eigenvalue weighted by Gasteiger charge is -2.12. The first-order valence-electron chi connectivity index (χ1n) is 13.4. The van der Waals surface area contributed by atoms with Gasteiger partial charge in [0.15, 0.2) is 5.82 Å². The van der Waals surface area contributed by atoms with Gasteiger partial charge in [0.05, 0.1) is 24.1 Å². The summed E-state index contributed by atoms with van der Waals surface area (Å²) in [5.41, 5.74) is 7.92. The van der Waals surface area contributed by atoms with Gasteiger partial charge in [-0.05, 0) is 48.1 Å². The van der Waals surface area contributed by atoms with Crippen molar-refractivity contribution in [2.75, 3.05) is 13.1 Å². The Hall–Kier alpha value is -3.73. The Labute approximate surface area is 215 Å². The Morgan fingerprint density at radius 2 is 1.86 bits per heavy atom. The van der Waals surface area contributed by atoms with Gasteiger partial charge in [0.2, 0.25) is 0 Å². The lowest BCUT2D eigenvalue weighted by atomic mass is 9.95. The third-order valence-corrected chi connectivity index (χ3v) is 7.86. The summed E-state index contributed by atoms with van der Waals surface area (Å²) in [5, 5.41) is 5.72. The molecule has 0 unspecified atom stereocenters. The maximum Gasteiger partial charge on any atom is 0.165 e. The molecule has 5 N–H and O–H groups in total. The van der Waals surface area contributed by atoms with Crippen molar-refractivity contribution in [1.82, 2.24) is 25.3 Å². The number of fused-ring (bicyclic) bond motifs is 3. The minimum Gasteiger partial charge on any atom is -0.340 e. The molecule has 1 aliphatic carbocycles. The summed E-state index contributed by atoms with van der Waals surface area (Å²) in [4.78, 5) is 16.4. The van der Waals surface area contributed by atoms with Crippen molar-refractivity contribution in [3.8, 4) is 45.5 Å². The van der Waals surface area contributed by atoms with E-state index < -0.39 is 0 Å². The van der Waals surface area contributed by atoms with Crippen LogP contribution in [0.3, 0.4) is 0 Å². The average Bonchev–Trinajstić information content (AvgIpc) is 3.69. The zero-order valence-corrected chi connectivity index (χ0v) is 20.7. The number of nitrogens with one attached hydrogen (secondary N) is 3. The second-order valence-corrected chi connectivity index (χ2v) is 10.3. The summed E-state index contributed by atoms with van der Waals surface area (Å²) < 4.78 is 15.3. The van der Waals surface area contributed by atoms with Gasteiger partial charge in [-0.2, -0.15) is 0 Å². The standard InChI is InChI=1S/C30H29FN6/c31-23-16-19(10-12-22(23)27-17-34-29(36-27)25-6-1-2-13-32-25)18-9-11-21-20(15-18)5-3-7-24-28(21)37-30(35-24)26-8-4-14-33-26/h9-12,15-17,25-26,32-33H,2-5,7-8,13-14H2,(H,34,36)(H,35,37)/p+1/t25-,26-/m0/s1. The zero-order chi connectivity index (χ0) is 24.8. The SMILES string of the molecule is Fc1cc(-c2ccc3c(c2)CCCc2[nH]c([C@@H]4CCC[NH2+]4)nc2-3)ccc1-c1cnc([C@@H]2C#CCCN2)[nH]1. The number of quaternary nitrogens is 1. The molecule has 1 fully saturated rings. The fourth-order valence-corrected chi connectivity index (χ4v) is 5.90. The molecule has 7 heteroatoms. The average molecular weight is 494 g/mol. The van der Waals surface area contributed by atoms with Crippen molar-refractivity contribution in [2.24, 2.45) is 0 Å². The van der Waals surface area contributed by atoms with E-state index in [4.69, 9.17) is 4.98 Å². The quantitative estimate of drug-likeness (QED) is 0.322. The van der Waals surface area contributed by atoms with E-state index >= 15 is 4.39 Å². The van der Waals surface area contributed by atoms with Gasteiger partial charge in [-0.3, -0.25) is 5.32 Å².